The molecule has 1 aliphatic rings. The fraction of sp³-hybridized carbons (Fsp3) is 0.217. The summed E-state index contributed by atoms with van der Waals surface area (Å²) in [6, 6.07) is 12.5. The summed E-state index contributed by atoms with van der Waals surface area (Å²) in [6.07, 6.45) is 2.28. The monoisotopic (exact) mass is 419 g/mol. The third kappa shape index (κ3) is 4.18. The molecule has 0 saturated carbocycles. The first-order chi connectivity index (χ1) is 15.0. The summed E-state index contributed by atoms with van der Waals surface area (Å²) < 4.78 is 7.08. The average Bonchev–Trinajstić information content (AvgIpc) is 3.15. The highest BCUT2D eigenvalue weighted by Crippen LogP contribution is 2.30. The van der Waals surface area contributed by atoms with E-state index in [9.17, 15) is 14.4 Å². The van der Waals surface area contributed by atoms with Gasteiger partial charge >= 0.3 is 5.97 Å². The Hall–Kier alpha value is -3.94. The summed E-state index contributed by atoms with van der Waals surface area (Å²) in [5.74, 6) is -0.106. The number of allylic oxidation sites excluding steroid dienone is 1. The summed E-state index contributed by atoms with van der Waals surface area (Å²) in [6.45, 7) is 0.547. The second-order valence-electron chi connectivity index (χ2n) is 7.23. The van der Waals surface area contributed by atoms with Gasteiger partial charge < -0.3 is 15.2 Å². The number of benzene rings is 2. The Kier molecular flexibility index (Phi) is 5.53. The van der Waals surface area contributed by atoms with E-state index in [4.69, 9.17) is 14.8 Å². The molecule has 1 aromatic heterocycles. The molecule has 3 aromatic rings. The molecule has 0 radical (unpaired) electrons. The zero-order valence-electron chi connectivity index (χ0n) is 16.9. The molecule has 8 nitrogen and oxygen atoms in total. The number of fused-ring (bicyclic) bond motifs is 2. The van der Waals surface area contributed by atoms with Crippen LogP contribution in [0.2, 0.25) is 0 Å². The van der Waals surface area contributed by atoms with Gasteiger partial charge in [0.25, 0.3) is 5.56 Å². The van der Waals surface area contributed by atoms with Crippen LogP contribution in [0.5, 0.6) is 5.75 Å². The molecule has 158 valence electrons. The number of carboxylic acids is 1. The van der Waals surface area contributed by atoms with Crippen LogP contribution in [0.25, 0.3) is 22.6 Å². The van der Waals surface area contributed by atoms with E-state index in [0.29, 0.717) is 35.4 Å². The minimum Gasteiger partial charge on any atom is -0.496 e. The van der Waals surface area contributed by atoms with Crippen molar-refractivity contribution in [1.82, 2.24) is 9.55 Å². The normalized spacial score (nSPS) is 13.9. The maximum absolute atomic E-state index is 13.0. The molecule has 8 heteroatoms. The van der Waals surface area contributed by atoms with Crippen molar-refractivity contribution < 1.29 is 19.4 Å². The van der Waals surface area contributed by atoms with Crippen molar-refractivity contribution in [2.24, 2.45) is 0 Å². The molecule has 0 fully saturated rings. The second-order valence-corrected chi connectivity index (χ2v) is 7.23. The lowest BCUT2D eigenvalue weighted by atomic mass is 10.1. The Labute approximate surface area is 177 Å². The number of amides is 1. The van der Waals surface area contributed by atoms with Gasteiger partial charge in [-0.1, -0.05) is 18.2 Å². The number of ether oxygens (including phenoxy) is 1. The van der Waals surface area contributed by atoms with E-state index in [1.54, 1.807) is 29.9 Å². The fourth-order valence-electron chi connectivity index (χ4n) is 3.65. The Morgan fingerprint density at radius 1 is 1.23 bits per heavy atom. The van der Waals surface area contributed by atoms with Gasteiger partial charge in [0.2, 0.25) is 5.91 Å². The molecule has 2 N–H and O–H groups in total. The highest BCUT2D eigenvalue weighted by atomic mass is 16.5. The molecular formula is C23H21N3O5. The lowest BCUT2D eigenvalue weighted by molar-refractivity contribution is -0.138. The van der Waals surface area contributed by atoms with E-state index in [1.807, 2.05) is 30.3 Å². The van der Waals surface area contributed by atoms with Crippen molar-refractivity contribution in [2.45, 2.75) is 25.8 Å². The van der Waals surface area contributed by atoms with Crippen LogP contribution in [0.15, 0.2) is 47.3 Å². The van der Waals surface area contributed by atoms with E-state index in [-0.39, 0.29) is 18.4 Å². The number of nitrogens with zero attached hydrogens (tertiary/aromatic N) is 2. The molecule has 1 amide bonds. The molecule has 0 unspecified atom stereocenters. The van der Waals surface area contributed by atoms with E-state index < -0.39 is 11.9 Å². The molecule has 0 saturated heterocycles. The van der Waals surface area contributed by atoms with Crippen LogP contribution in [-0.2, 0) is 16.1 Å². The van der Waals surface area contributed by atoms with E-state index >= 15 is 0 Å². The first kappa shape index (κ1) is 20.3. The van der Waals surface area contributed by atoms with Gasteiger partial charge in [-0.25, -0.2) is 4.98 Å². The zero-order chi connectivity index (χ0) is 22.0. The number of hydrogen-bond acceptors (Lipinski definition) is 5. The van der Waals surface area contributed by atoms with Crippen molar-refractivity contribution in [2.75, 3.05) is 12.4 Å². The maximum Gasteiger partial charge on any atom is 0.303 e. The van der Waals surface area contributed by atoms with Crippen LogP contribution >= 0.6 is 0 Å². The van der Waals surface area contributed by atoms with Crippen molar-refractivity contribution in [3.05, 3.63) is 64.2 Å². The molecular weight excluding hydrogens is 398 g/mol. The summed E-state index contributed by atoms with van der Waals surface area (Å²) in [5, 5.41) is 11.8. The number of aromatic nitrogens is 2. The molecule has 2 aromatic carbocycles. The van der Waals surface area contributed by atoms with E-state index in [2.05, 4.69) is 5.32 Å². The third-order valence-corrected chi connectivity index (χ3v) is 5.17. The van der Waals surface area contributed by atoms with Crippen molar-refractivity contribution in [3.8, 4) is 5.75 Å². The molecule has 4 rings (SSSR count). The Balaban J connectivity index is 1.70. The van der Waals surface area contributed by atoms with Crippen LogP contribution < -0.4 is 15.6 Å². The van der Waals surface area contributed by atoms with Gasteiger partial charge in [0.05, 0.1) is 24.4 Å². The maximum atomic E-state index is 13.0. The fourth-order valence-corrected chi connectivity index (χ4v) is 3.65. The summed E-state index contributed by atoms with van der Waals surface area (Å²) in [5.41, 5.74) is 2.64. The number of nitrogens with one attached hydrogen (secondary N) is 1. The third-order valence-electron chi connectivity index (χ3n) is 5.17. The Morgan fingerprint density at radius 2 is 2.03 bits per heavy atom. The zero-order valence-corrected chi connectivity index (χ0v) is 16.9. The highest BCUT2D eigenvalue weighted by Gasteiger charge is 2.21. The smallest absolute Gasteiger partial charge is 0.303 e. The molecule has 2 heterocycles. The number of hydrogen-bond donors (Lipinski definition) is 2. The summed E-state index contributed by atoms with van der Waals surface area (Å²) in [4.78, 5) is 40.3. The predicted octanol–water partition coefficient (Wildman–Crippen LogP) is 3.15. The van der Waals surface area contributed by atoms with E-state index in [1.165, 1.54) is 0 Å². The SMILES string of the molecule is COc1ccccc1C=C1CCn2c1nc1cc(NC(=O)CCC(=O)O)ccc1c2=O. The number of methoxy groups -OCH3 is 1. The number of aliphatic carboxylic acids is 1. The van der Waals surface area contributed by atoms with Crippen LogP contribution in [0.4, 0.5) is 5.69 Å². The number of para-hydroxylation sites is 1. The molecule has 1 aliphatic heterocycles. The van der Waals surface area contributed by atoms with Gasteiger partial charge in [0, 0.05) is 24.2 Å². The molecule has 0 atom stereocenters. The lowest BCUT2D eigenvalue weighted by Gasteiger charge is -2.09. The van der Waals surface area contributed by atoms with Crippen molar-refractivity contribution in [1.29, 1.82) is 0 Å². The van der Waals surface area contributed by atoms with Gasteiger partial charge in [-0.2, -0.15) is 0 Å². The van der Waals surface area contributed by atoms with E-state index in [0.717, 1.165) is 16.9 Å². The first-order valence-corrected chi connectivity index (χ1v) is 9.86. The molecule has 0 aliphatic carbocycles. The Bertz CT molecular complexity index is 1280. The van der Waals surface area contributed by atoms with Gasteiger partial charge in [0.1, 0.15) is 11.6 Å². The van der Waals surface area contributed by atoms with Crippen LogP contribution in [0.1, 0.15) is 30.7 Å². The van der Waals surface area contributed by atoms with Gasteiger partial charge in [0.15, 0.2) is 0 Å². The quantitative estimate of drug-likeness (QED) is 0.635. The summed E-state index contributed by atoms with van der Waals surface area (Å²) in [7, 11) is 1.61. The minimum absolute atomic E-state index is 0.126. The number of carbonyl (C=O) groups excluding carboxylic acids is 1. The minimum atomic E-state index is -1.03. The van der Waals surface area contributed by atoms with Crippen LogP contribution in [-0.4, -0.2) is 33.6 Å². The van der Waals surface area contributed by atoms with Crippen LogP contribution in [0, 0.1) is 0 Å². The van der Waals surface area contributed by atoms with Crippen molar-refractivity contribution in [3.63, 3.8) is 0 Å². The molecule has 31 heavy (non-hydrogen) atoms. The second kappa shape index (κ2) is 8.43. The standard InChI is InChI=1S/C23H21N3O5/c1-31-19-5-3-2-4-14(19)12-15-10-11-26-22(15)25-18-13-16(6-7-17(18)23(26)30)24-20(27)8-9-21(28)29/h2-7,12-13H,8-11H2,1H3,(H,24,27)(H,28,29). The first-order valence-electron chi connectivity index (χ1n) is 9.86. The summed E-state index contributed by atoms with van der Waals surface area (Å²) >= 11 is 0. The van der Waals surface area contributed by atoms with Gasteiger partial charge in [-0.3, -0.25) is 19.0 Å². The number of rotatable bonds is 6. The molecule has 0 bridgehead atoms. The number of carboxylic acid groups (broad SMARTS) is 1. The number of anilines is 1. The molecule has 0 spiro atoms. The Morgan fingerprint density at radius 3 is 2.81 bits per heavy atom. The van der Waals surface area contributed by atoms with Crippen molar-refractivity contribution >= 4 is 40.1 Å². The van der Waals surface area contributed by atoms with Crippen LogP contribution in [0.3, 0.4) is 0 Å². The highest BCUT2D eigenvalue weighted by molar-refractivity contribution is 5.95. The van der Waals surface area contributed by atoms with Gasteiger partial charge in [-0.15, -0.1) is 0 Å². The van der Waals surface area contributed by atoms with Gasteiger partial charge in [-0.05, 0) is 42.3 Å². The topological polar surface area (TPSA) is 111 Å². The largest absolute Gasteiger partial charge is 0.496 e. The lowest BCUT2D eigenvalue weighted by Crippen LogP contribution is -2.21. The predicted molar refractivity (Wildman–Crippen MR) is 117 cm³/mol. The number of carbonyl (C=O) groups is 2. The average molecular weight is 419 g/mol.